The number of nitrogens with zero attached hydrogens (tertiary/aromatic N) is 1. The minimum Gasteiger partial charge on any atom is -0.351 e. The Kier molecular flexibility index (Phi) is 6.12. The van der Waals surface area contributed by atoms with Crippen LogP contribution in [0, 0.1) is 0 Å². The van der Waals surface area contributed by atoms with Crippen molar-refractivity contribution in [3.05, 3.63) is 64.7 Å². The van der Waals surface area contributed by atoms with Gasteiger partial charge in [0.1, 0.15) is 4.90 Å². The predicted molar refractivity (Wildman–Crippen MR) is 111 cm³/mol. The molecule has 0 saturated heterocycles. The van der Waals surface area contributed by atoms with Gasteiger partial charge in [-0.15, -0.1) is 0 Å². The van der Waals surface area contributed by atoms with E-state index in [1.165, 1.54) is 22.0 Å². The number of benzene rings is 2. The number of hydrogen-bond donors (Lipinski definition) is 1. The standard InChI is InChI=1S/C21H25ClN2O3S/c1-3-24(4-2)28(26,27)19-14-16(10-11-18(19)22)20(25)23-15-21(12-13-21)17-8-6-5-7-9-17/h5-11,14H,3-4,12-13,15H2,1-2H3,(H,23,25). The van der Waals surface area contributed by atoms with Gasteiger partial charge in [-0.2, -0.15) is 4.31 Å². The lowest BCUT2D eigenvalue weighted by molar-refractivity contribution is 0.0949. The van der Waals surface area contributed by atoms with E-state index in [1.807, 2.05) is 18.2 Å². The average molecular weight is 421 g/mol. The van der Waals surface area contributed by atoms with E-state index in [1.54, 1.807) is 19.9 Å². The quantitative estimate of drug-likeness (QED) is 0.705. The van der Waals surface area contributed by atoms with Gasteiger partial charge in [0.15, 0.2) is 0 Å². The Morgan fingerprint density at radius 1 is 1.11 bits per heavy atom. The fraction of sp³-hybridized carbons (Fsp3) is 0.381. The summed E-state index contributed by atoms with van der Waals surface area (Å²) >= 11 is 6.15. The third kappa shape index (κ3) is 4.09. The number of carbonyl (C=O) groups is 1. The summed E-state index contributed by atoms with van der Waals surface area (Å²) in [6.45, 7) is 4.74. The zero-order valence-corrected chi connectivity index (χ0v) is 17.7. The smallest absolute Gasteiger partial charge is 0.251 e. The van der Waals surface area contributed by atoms with Crippen LogP contribution in [0.4, 0.5) is 0 Å². The largest absolute Gasteiger partial charge is 0.351 e. The van der Waals surface area contributed by atoms with Crippen LogP contribution in [0.2, 0.25) is 5.02 Å². The summed E-state index contributed by atoms with van der Waals surface area (Å²) in [6, 6.07) is 14.5. The molecule has 1 aliphatic rings. The number of halogens is 1. The van der Waals surface area contributed by atoms with E-state index >= 15 is 0 Å². The topological polar surface area (TPSA) is 66.5 Å². The molecule has 0 aliphatic heterocycles. The predicted octanol–water partition coefficient (Wildman–Crippen LogP) is 3.83. The summed E-state index contributed by atoms with van der Waals surface area (Å²) in [5.74, 6) is -0.296. The summed E-state index contributed by atoms with van der Waals surface area (Å²) in [5, 5.41) is 3.08. The van der Waals surface area contributed by atoms with Gasteiger partial charge in [-0.25, -0.2) is 8.42 Å². The highest BCUT2D eigenvalue weighted by molar-refractivity contribution is 7.89. The molecule has 3 rings (SSSR count). The van der Waals surface area contributed by atoms with Crippen molar-refractivity contribution in [2.75, 3.05) is 19.6 Å². The van der Waals surface area contributed by atoms with Gasteiger partial charge in [0.05, 0.1) is 5.02 Å². The minimum atomic E-state index is -3.74. The first-order valence-electron chi connectivity index (χ1n) is 9.47. The molecule has 1 saturated carbocycles. The molecule has 0 aromatic heterocycles. The number of sulfonamides is 1. The van der Waals surface area contributed by atoms with Gasteiger partial charge in [-0.3, -0.25) is 4.79 Å². The first-order chi connectivity index (χ1) is 13.3. The van der Waals surface area contributed by atoms with Crippen LogP contribution in [-0.4, -0.2) is 38.3 Å². The first kappa shape index (κ1) is 20.8. The third-order valence-electron chi connectivity index (χ3n) is 5.34. The highest BCUT2D eigenvalue weighted by Crippen LogP contribution is 2.47. The van der Waals surface area contributed by atoms with Crippen molar-refractivity contribution in [3.63, 3.8) is 0 Å². The van der Waals surface area contributed by atoms with E-state index in [4.69, 9.17) is 11.6 Å². The van der Waals surface area contributed by atoms with E-state index in [2.05, 4.69) is 17.4 Å². The van der Waals surface area contributed by atoms with Gasteiger partial charge in [0.2, 0.25) is 10.0 Å². The van der Waals surface area contributed by atoms with Crippen LogP contribution in [-0.2, 0) is 15.4 Å². The van der Waals surface area contributed by atoms with Gasteiger partial charge >= 0.3 is 0 Å². The molecule has 0 heterocycles. The van der Waals surface area contributed by atoms with Crippen LogP contribution >= 0.6 is 11.6 Å². The van der Waals surface area contributed by atoms with Crippen molar-refractivity contribution in [1.82, 2.24) is 9.62 Å². The lowest BCUT2D eigenvalue weighted by atomic mass is 9.96. The summed E-state index contributed by atoms with van der Waals surface area (Å²) in [4.78, 5) is 12.7. The second-order valence-corrected chi connectivity index (χ2v) is 9.38. The summed E-state index contributed by atoms with van der Waals surface area (Å²) < 4.78 is 26.9. The monoisotopic (exact) mass is 420 g/mol. The zero-order chi connectivity index (χ0) is 20.4. The van der Waals surface area contributed by atoms with Crippen LogP contribution in [0.15, 0.2) is 53.4 Å². The van der Waals surface area contributed by atoms with E-state index in [0.717, 1.165) is 12.8 Å². The van der Waals surface area contributed by atoms with Crippen molar-refractivity contribution in [1.29, 1.82) is 0 Å². The van der Waals surface area contributed by atoms with Gasteiger partial charge in [-0.1, -0.05) is 55.8 Å². The van der Waals surface area contributed by atoms with E-state index in [0.29, 0.717) is 25.2 Å². The zero-order valence-electron chi connectivity index (χ0n) is 16.1. The molecule has 0 atom stereocenters. The van der Waals surface area contributed by atoms with Crippen molar-refractivity contribution in [2.45, 2.75) is 37.0 Å². The molecule has 1 amide bonds. The fourth-order valence-electron chi connectivity index (χ4n) is 3.41. The number of carbonyl (C=O) groups excluding carboxylic acids is 1. The van der Waals surface area contributed by atoms with Crippen molar-refractivity contribution in [3.8, 4) is 0 Å². The molecule has 5 nitrogen and oxygen atoms in total. The van der Waals surface area contributed by atoms with Crippen LogP contribution in [0.5, 0.6) is 0 Å². The van der Waals surface area contributed by atoms with Crippen molar-refractivity contribution in [2.24, 2.45) is 0 Å². The van der Waals surface area contributed by atoms with Crippen LogP contribution in [0.1, 0.15) is 42.6 Å². The molecule has 2 aromatic carbocycles. The highest BCUT2D eigenvalue weighted by atomic mass is 35.5. The van der Waals surface area contributed by atoms with Gasteiger partial charge in [-0.05, 0) is 36.6 Å². The molecule has 0 spiro atoms. The van der Waals surface area contributed by atoms with E-state index < -0.39 is 10.0 Å². The maximum absolute atomic E-state index is 12.8. The molecule has 0 unspecified atom stereocenters. The highest BCUT2D eigenvalue weighted by Gasteiger charge is 2.44. The Hall–Kier alpha value is -1.89. The van der Waals surface area contributed by atoms with Gasteiger partial charge < -0.3 is 5.32 Å². The lowest BCUT2D eigenvalue weighted by Crippen LogP contribution is -2.33. The molecule has 2 aromatic rings. The van der Waals surface area contributed by atoms with Crippen molar-refractivity contribution < 1.29 is 13.2 Å². The van der Waals surface area contributed by atoms with Crippen LogP contribution in [0.25, 0.3) is 0 Å². The SMILES string of the molecule is CCN(CC)S(=O)(=O)c1cc(C(=O)NCC2(c3ccccc3)CC2)ccc1Cl. The molecular weight excluding hydrogens is 396 g/mol. The van der Waals surface area contributed by atoms with E-state index in [-0.39, 0.29) is 21.2 Å². The molecule has 0 bridgehead atoms. The molecular formula is C21H25ClN2O3S. The molecule has 1 aliphatic carbocycles. The Morgan fingerprint density at radius 3 is 2.32 bits per heavy atom. The molecule has 7 heteroatoms. The summed E-state index contributed by atoms with van der Waals surface area (Å²) in [5.41, 5.74) is 1.50. The summed E-state index contributed by atoms with van der Waals surface area (Å²) in [6.07, 6.45) is 2.05. The van der Waals surface area contributed by atoms with Crippen molar-refractivity contribution >= 4 is 27.5 Å². The normalized spacial score (nSPS) is 15.4. The first-order valence-corrected chi connectivity index (χ1v) is 11.3. The average Bonchev–Trinajstić information content (AvgIpc) is 3.49. The lowest BCUT2D eigenvalue weighted by Gasteiger charge is -2.20. The molecule has 1 fully saturated rings. The Morgan fingerprint density at radius 2 is 1.75 bits per heavy atom. The van der Waals surface area contributed by atoms with E-state index in [9.17, 15) is 13.2 Å². The Balaban J connectivity index is 1.78. The maximum atomic E-state index is 12.8. The van der Waals surface area contributed by atoms with Gasteiger partial charge in [0, 0.05) is 30.6 Å². The minimum absolute atomic E-state index is 0.0144. The third-order valence-corrected chi connectivity index (χ3v) is 7.88. The Bertz CT molecular complexity index is 953. The Labute approximate surface area is 171 Å². The van der Waals surface area contributed by atoms with Crippen LogP contribution in [0.3, 0.4) is 0 Å². The number of amides is 1. The fourth-order valence-corrected chi connectivity index (χ4v) is 5.36. The molecule has 150 valence electrons. The maximum Gasteiger partial charge on any atom is 0.251 e. The van der Waals surface area contributed by atoms with Gasteiger partial charge in [0.25, 0.3) is 5.91 Å². The number of nitrogens with one attached hydrogen (secondary N) is 1. The second kappa shape index (κ2) is 8.23. The second-order valence-electron chi connectivity index (χ2n) is 7.06. The molecule has 28 heavy (non-hydrogen) atoms. The van der Waals surface area contributed by atoms with Crippen LogP contribution < -0.4 is 5.32 Å². The molecule has 0 radical (unpaired) electrons. The molecule has 1 N–H and O–H groups in total. The number of hydrogen-bond acceptors (Lipinski definition) is 3. The number of rotatable bonds is 8. The summed E-state index contributed by atoms with van der Waals surface area (Å²) in [7, 11) is -3.74.